The number of halogens is 2. The molecular formula is C13H17Br2N3. The number of nitrogens with two attached hydrogens (primary N) is 1. The van der Waals surface area contributed by atoms with Crippen LogP contribution in [0.1, 0.15) is 31.4 Å². The van der Waals surface area contributed by atoms with Crippen LogP contribution >= 0.6 is 31.9 Å². The molecule has 3 heterocycles. The van der Waals surface area contributed by atoms with Gasteiger partial charge in [0.05, 0.1) is 5.69 Å². The maximum atomic E-state index is 6.10. The fourth-order valence-corrected chi connectivity index (χ4v) is 4.42. The highest BCUT2D eigenvalue weighted by atomic mass is 79.9. The van der Waals surface area contributed by atoms with Crippen molar-refractivity contribution < 1.29 is 0 Å². The Hall–Kier alpha value is 0.0300. The Morgan fingerprint density at radius 3 is 2.56 bits per heavy atom. The van der Waals surface area contributed by atoms with E-state index in [4.69, 9.17) is 5.73 Å². The molecule has 2 bridgehead atoms. The van der Waals surface area contributed by atoms with Gasteiger partial charge in [0.2, 0.25) is 0 Å². The molecule has 3 nitrogen and oxygen atoms in total. The van der Waals surface area contributed by atoms with Crippen LogP contribution < -0.4 is 5.73 Å². The molecule has 0 aliphatic carbocycles. The lowest BCUT2D eigenvalue weighted by atomic mass is 9.98. The monoisotopic (exact) mass is 373 g/mol. The summed E-state index contributed by atoms with van der Waals surface area (Å²) in [6, 6.07) is 3.80. The number of piperidine rings is 1. The molecule has 2 unspecified atom stereocenters. The van der Waals surface area contributed by atoms with Gasteiger partial charge in [-0.05, 0) is 63.6 Å². The summed E-state index contributed by atoms with van der Waals surface area (Å²) in [7, 11) is 0. The van der Waals surface area contributed by atoms with E-state index in [1.165, 1.54) is 12.8 Å². The van der Waals surface area contributed by atoms with Crippen molar-refractivity contribution in [2.75, 3.05) is 0 Å². The van der Waals surface area contributed by atoms with Gasteiger partial charge in [0.15, 0.2) is 0 Å². The smallest absolute Gasteiger partial charge is 0.0686 e. The maximum absolute atomic E-state index is 6.10. The summed E-state index contributed by atoms with van der Waals surface area (Å²) >= 11 is 7.04. The summed E-state index contributed by atoms with van der Waals surface area (Å²) in [5.41, 5.74) is 7.23. The zero-order valence-electron chi connectivity index (χ0n) is 10.1. The van der Waals surface area contributed by atoms with Gasteiger partial charge in [-0.1, -0.05) is 0 Å². The van der Waals surface area contributed by atoms with Crippen LogP contribution in [0.5, 0.6) is 0 Å². The first-order chi connectivity index (χ1) is 8.63. The van der Waals surface area contributed by atoms with Crippen molar-refractivity contribution in [1.82, 2.24) is 9.88 Å². The van der Waals surface area contributed by atoms with Crippen LogP contribution in [-0.2, 0) is 6.54 Å². The minimum Gasteiger partial charge on any atom is -0.328 e. The molecule has 5 heteroatoms. The third kappa shape index (κ3) is 2.50. The van der Waals surface area contributed by atoms with Crippen LogP contribution in [0, 0.1) is 0 Å². The molecule has 2 saturated heterocycles. The number of hydrogen-bond acceptors (Lipinski definition) is 3. The summed E-state index contributed by atoms with van der Waals surface area (Å²) in [6.07, 6.45) is 6.76. The van der Waals surface area contributed by atoms with Gasteiger partial charge in [-0.2, -0.15) is 0 Å². The summed E-state index contributed by atoms with van der Waals surface area (Å²) in [4.78, 5) is 7.12. The van der Waals surface area contributed by atoms with E-state index in [1.54, 1.807) is 0 Å². The van der Waals surface area contributed by atoms with E-state index < -0.39 is 0 Å². The molecule has 18 heavy (non-hydrogen) atoms. The summed E-state index contributed by atoms with van der Waals surface area (Å²) in [6.45, 7) is 0.940. The topological polar surface area (TPSA) is 42.1 Å². The second kappa shape index (κ2) is 5.19. The number of rotatable bonds is 2. The predicted molar refractivity (Wildman–Crippen MR) is 79.2 cm³/mol. The Bertz CT molecular complexity index is 438. The Balaban J connectivity index is 1.77. The highest BCUT2D eigenvalue weighted by Crippen LogP contribution is 2.36. The van der Waals surface area contributed by atoms with Crippen LogP contribution in [0.15, 0.2) is 21.2 Å². The van der Waals surface area contributed by atoms with Gasteiger partial charge in [-0.15, -0.1) is 0 Å². The van der Waals surface area contributed by atoms with E-state index >= 15 is 0 Å². The lowest BCUT2D eigenvalue weighted by Crippen LogP contribution is -2.46. The number of fused-ring (bicyclic) bond motifs is 2. The van der Waals surface area contributed by atoms with Gasteiger partial charge in [-0.25, -0.2) is 0 Å². The largest absolute Gasteiger partial charge is 0.328 e. The average molecular weight is 375 g/mol. The van der Waals surface area contributed by atoms with Crippen molar-refractivity contribution >= 4 is 31.9 Å². The van der Waals surface area contributed by atoms with Gasteiger partial charge in [0, 0.05) is 39.8 Å². The van der Waals surface area contributed by atoms with Gasteiger partial charge >= 0.3 is 0 Å². The Morgan fingerprint density at radius 1 is 1.28 bits per heavy atom. The fourth-order valence-electron chi connectivity index (χ4n) is 3.31. The fraction of sp³-hybridized carbons (Fsp3) is 0.615. The highest BCUT2D eigenvalue weighted by Gasteiger charge is 2.39. The second-order valence-electron chi connectivity index (χ2n) is 5.37. The SMILES string of the molecule is NC1CC2CCC(C1)N2Cc1ncc(Br)cc1Br. The lowest BCUT2D eigenvalue weighted by Gasteiger charge is -2.37. The molecule has 0 spiro atoms. The molecule has 2 atom stereocenters. The Labute approximate surface area is 124 Å². The van der Waals surface area contributed by atoms with E-state index in [2.05, 4.69) is 47.8 Å². The van der Waals surface area contributed by atoms with Gasteiger partial charge in [0.1, 0.15) is 0 Å². The predicted octanol–water partition coefficient (Wildman–Crippen LogP) is 3.06. The molecule has 0 saturated carbocycles. The van der Waals surface area contributed by atoms with Crippen molar-refractivity contribution in [3.05, 3.63) is 26.9 Å². The van der Waals surface area contributed by atoms with Crippen molar-refractivity contribution in [3.63, 3.8) is 0 Å². The summed E-state index contributed by atoms with van der Waals surface area (Å²) in [5, 5.41) is 0. The van der Waals surface area contributed by atoms with Crippen LogP contribution in [0.25, 0.3) is 0 Å². The van der Waals surface area contributed by atoms with E-state index in [0.717, 1.165) is 34.0 Å². The first kappa shape index (κ1) is 13.0. The molecule has 0 amide bonds. The number of pyridine rings is 1. The number of hydrogen-bond donors (Lipinski definition) is 1. The molecule has 2 aliphatic heterocycles. The summed E-state index contributed by atoms with van der Waals surface area (Å²) in [5.74, 6) is 0. The standard InChI is InChI=1S/C13H17Br2N3/c14-8-3-12(15)13(17-6-8)7-18-10-1-2-11(18)5-9(16)4-10/h3,6,9-11H,1-2,4-5,7,16H2. The van der Waals surface area contributed by atoms with Gasteiger partial charge < -0.3 is 5.73 Å². The highest BCUT2D eigenvalue weighted by molar-refractivity contribution is 9.11. The molecule has 0 aromatic carbocycles. The molecule has 1 aromatic rings. The van der Waals surface area contributed by atoms with Gasteiger partial charge in [0.25, 0.3) is 0 Å². The third-order valence-electron chi connectivity index (χ3n) is 4.14. The van der Waals surface area contributed by atoms with Crippen molar-refractivity contribution in [3.8, 4) is 0 Å². The quantitative estimate of drug-likeness (QED) is 0.864. The minimum absolute atomic E-state index is 0.403. The molecule has 98 valence electrons. The molecule has 1 aromatic heterocycles. The van der Waals surface area contributed by atoms with Crippen molar-refractivity contribution in [2.45, 2.75) is 50.4 Å². The van der Waals surface area contributed by atoms with Crippen LogP contribution in [0.2, 0.25) is 0 Å². The van der Waals surface area contributed by atoms with Crippen LogP contribution in [0.3, 0.4) is 0 Å². The zero-order chi connectivity index (χ0) is 12.7. The Kier molecular flexibility index (Phi) is 3.76. The van der Waals surface area contributed by atoms with E-state index in [0.29, 0.717) is 18.1 Å². The van der Waals surface area contributed by atoms with Crippen molar-refractivity contribution in [1.29, 1.82) is 0 Å². The zero-order valence-corrected chi connectivity index (χ0v) is 13.3. The second-order valence-corrected chi connectivity index (χ2v) is 7.14. The van der Waals surface area contributed by atoms with Gasteiger partial charge in [-0.3, -0.25) is 9.88 Å². The third-order valence-corrected chi connectivity index (χ3v) is 5.26. The molecule has 0 radical (unpaired) electrons. The molecule has 2 fully saturated rings. The van der Waals surface area contributed by atoms with Crippen LogP contribution in [0.4, 0.5) is 0 Å². The Morgan fingerprint density at radius 2 is 1.94 bits per heavy atom. The normalized spacial score (nSPS) is 31.8. The molecule has 3 rings (SSSR count). The lowest BCUT2D eigenvalue weighted by molar-refractivity contribution is 0.118. The first-order valence-corrected chi connectivity index (χ1v) is 8.03. The number of nitrogens with zero attached hydrogens (tertiary/aromatic N) is 2. The molecule has 2 aliphatic rings. The van der Waals surface area contributed by atoms with E-state index in [1.807, 2.05) is 6.20 Å². The van der Waals surface area contributed by atoms with Crippen LogP contribution in [-0.4, -0.2) is 28.0 Å². The van der Waals surface area contributed by atoms with Crippen molar-refractivity contribution in [2.24, 2.45) is 5.73 Å². The molecular weight excluding hydrogens is 358 g/mol. The molecule has 2 N–H and O–H groups in total. The number of aromatic nitrogens is 1. The minimum atomic E-state index is 0.403. The maximum Gasteiger partial charge on any atom is 0.0686 e. The average Bonchev–Trinajstić information content (AvgIpc) is 2.56. The van der Waals surface area contributed by atoms with E-state index in [9.17, 15) is 0 Å². The first-order valence-electron chi connectivity index (χ1n) is 6.44. The summed E-state index contributed by atoms with van der Waals surface area (Å²) < 4.78 is 2.10. The van der Waals surface area contributed by atoms with E-state index in [-0.39, 0.29) is 0 Å².